The third-order valence-electron chi connectivity index (χ3n) is 5.24. The lowest BCUT2D eigenvalue weighted by Crippen LogP contribution is -2.32. The van der Waals surface area contributed by atoms with E-state index in [0.717, 1.165) is 42.3 Å². The van der Waals surface area contributed by atoms with E-state index < -0.39 is 51.1 Å². The van der Waals surface area contributed by atoms with Crippen molar-refractivity contribution in [3.63, 3.8) is 0 Å². The van der Waals surface area contributed by atoms with E-state index in [1.165, 1.54) is 13.0 Å². The van der Waals surface area contributed by atoms with Crippen molar-refractivity contribution < 1.29 is 44.3 Å². The van der Waals surface area contributed by atoms with Crippen molar-refractivity contribution in [2.45, 2.75) is 50.3 Å². The maximum atomic E-state index is 13.2. The molecule has 12 heteroatoms. The molecule has 3 rings (SSSR count). The van der Waals surface area contributed by atoms with Gasteiger partial charge in [0, 0.05) is 19.3 Å². The molecule has 1 aliphatic heterocycles. The van der Waals surface area contributed by atoms with Crippen LogP contribution in [0.4, 0.5) is 26.3 Å². The summed E-state index contributed by atoms with van der Waals surface area (Å²) < 4.78 is 107. The second-order valence-electron chi connectivity index (χ2n) is 7.83. The van der Waals surface area contributed by atoms with Crippen LogP contribution in [0.1, 0.15) is 39.5 Å². The molecule has 1 heterocycles. The molecule has 0 saturated carbocycles. The lowest BCUT2D eigenvalue weighted by atomic mass is 10.0. The fraction of sp³-hybridized carbons (Fsp3) is 0.381. The smallest absolute Gasteiger partial charge is 0.425 e. The molecule has 0 aromatic heterocycles. The maximum Gasteiger partial charge on any atom is 0.425 e. The highest BCUT2D eigenvalue weighted by atomic mass is 32.2. The average molecular weight is 495 g/mol. The fourth-order valence-corrected chi connectivity index (χ4v) is 4.11. The Balaban J connectivity index is 1.99. The zero-order valence-corrected chi connectivity index (χ0v) is 18.5. The van der Waals surface area contributed by atoms with Crippen LogP contribution in [0.2, 0.25) is 0 Å². The number of hydrogen-bond donors (Lipinski definition) is 0. The molecule has 1 amide bonds. The van der Waals surface area contributed by atoms with E-state index in [2.05, 4.69) is 0 Å². The Kier molecular flexibility index (Phi) is 6.20. The number of hydrogen-bond acceptors (Lipinski definition) is 4. The molecule has 0 fully saturated rings. The van der Waals surface area contributed by atoms with Crippen LogP contribution in [-0.2, 0) is 29.1 Å². The first-order valence-corrected chi connectivity index (χ1v) is 11.4. The third kappa shape index (κ3) is 5.26. The monoisotopic (exact) mass is 495 g/mol. The van der Waals surface area contributed by atoms with Crippen molar-refractivity contribution in [1.82, 2.24) is 4.90 Å². The molecule has 0 N–H and O–H groups in total. The van der Waals surface area contributed by atoms with Gasteiger partial charge in [-0.25, -0.2) is 8.42 Å². The van der Waals surface area contributed by atoms with E-state index in [9.17, 15) is 39.6 Å². The van der Waals surface area contributed by atoms with Crippen LogP contribution in [-0.4, -0.2) is 37.8 Å². The van der Waals surface area contributed by atoms with Gasteiger partial charge in [0.2, 0.25) is 0 Å². The maximum absolute atomic E-state index is 13.2. The van der Waals surface area contributed by atoms with Gasteiger partial charge in [-0.2, -0.15) is 26.3 Å². The van der Waals surface area contributed by atoms with Gasteiger partial charge in [-0.05, 0) is 54.8 Å². The Bertz CT molecular complexity index is 1200. The molecule has 0 unspecified atom stereocenters. The van der Waals surface area contributed by atoms with E-state index in [4.69, 9.17) is 4.74 Å². The van der Waals surface area contributed by atoms with Gasteiger partial charge in [0.25, 0.3) is 5.91 Å². The standard InChI is InChI=1S/C21H19F6NO4S/c1-11-6-13-9-28(10-14(13)7-17(11)21(25,26)27)19(29)16-8-15(33(3,30)31)4-5-18(16)32-12(2)20(22,23)24/h4-8,12H,9-10H2,1-3H3/t12-/m0/s1. The number of sulfone groups is 1. The first kappa shape index (κ1) is 24.9. The van der Waals surface area contributed by atoms with Crippen molar-refractivity contribution in [3.05, 3.63) is 58.1 Å². The van der Waals surface area contributed by atoms with Gasteiger partial charge < -0.3 is 9.64 Å². The molecule has 0 saturated heterocycles. The van der Waals surface area contributed by atoms with E-state index in [1.54, 1.807) is 0 Å². The Morgan fingerprint density at radius 1 is 1.03 bits per heavy atom. The molecule has 0 spiro atoms. The van der Waals surface area contributed by atoms with Crippen LogP contribution >= 0.6 is 0 Å². The van der Waals surface area contributed by atoms with Crippen molar-refractivity contribution in [2.75, 3.05) is 6.26 Å². The molecule has 0 bridgehead atoms. The highest BCUT2D eigenvalue weighted by Gasteiger charge is 2.39. The quantitative estimate of drug-likeness (QED) is 0.566. The highest BCUT2D eigenvalue weighted by Crippen LogP contribution is 2.37. The molecule has 0 aliphatic carbocycles. The topological polar surface area (TPSA) is 63.7 Å². The number of benzene rings is 2. The predicted octanol–water partition coefficient (Wildman–Crippen LogP) is 4.90. The first-order valence-electron chi connectivity index (χ1n) is 9.55. The van der Waals surface area contributed by atoms with E-state index >= 15 is 0 Å². The number of aryl methyl sites for hydroxylation is 1. The summed E-state index contributed by atoms with van der Waals surface area (Å²) in [7, 11) is -3.81. The Morgan fingerprint density at radius 2 is 1.61 bits per heavy atom. The Labute approximate surface area is 185 Å². The molecular weight excluding hydrogens is 476 g/mol. The summed E-state index contributed by atoms with van der Waals surface area (Å²) in [6.45, 7) is 1.69. The van der Waals surface area contributed by atoms with Crippen LogP contribution < -0.4 is 4.74 Å². The molecule has 2 aromatic rings. The molecule has 1 atom stereocenters. The largest absolute Gasteiger partial charge is 0.480 e. The summed E-state index contributed by atoms with van der Waals surface area (Å²) in [6, 6.07) is 5.13. The summed E-state index contributed by atoms with van der Waals surface area (Å²) in [5, 5.41) is 0. The van der Waals surface area contributed by atoms with Gasteiger partial charge >= 0.3 is 12.4 Å². The molecule has 2 aromatic carbocycles. The minimum atomic E-state index is -4.74. The Morgan fingerprint density at radius 3 is 2.12 bits per heavy atom. The number of rotatable bonds is 4. The highest BCUT2D eigenvalue weighted by molar-refractivity contribution is 7.90. The van der Waals surface area contributed by atoms with E-state index in [0.29, 0.717) is 5.56 Å². The van der Waals surface area contributed by atoms with Gasteiger partial charge in [0.1, 0.15) is 5.75 Å². The number of ether oxygens (including phenoxy) is 1. The number of halogens is 6. The van der Waals surface area contributed by atoms with Gasteiger partial charge in [-0.3, -0.25) is 4.79 Å². The lowest BCUT2D eigenvalue weighted by molar-refractivity contribution is -0.189. The summed E-state index contributed by atoms with van der Waals surface area (Å²) >= 11 is 0. The number of nitrogens with zero attached hydrogens (tertiary/aromatic N) is 1. The van der Waals surface area contributed by atoms with Gasteiger partial charge in [-0.15, -0.1) is 0 Å². The van der Waals surface area contributed by atoms with E-state index in [-0.39, 0.29) is 29.1 Å². The van der Waals surface area contributed by atoms with Crippen LogP contribution in [0.25, 0.3) is 0 Å². The van der Waals surface area contributed by atoms with Crippen molar-refractivity contribution in [3.8, 4) is 5.75 Å². The fourth-order valence-electron chi connectivity index (χ4n) is 3.46. The number of amides is 1. The molecule has 5 nitrogen and oxygen atoms in total. The number of alkyl halides is 6. The zero-order valence-electron chi connectivity index (χ0n) is 17.6. The zero-order chi connectivity index (χ0) is 24.9. The molecule has 180 valence electrons. The third-order valence-corrected chi connectivity index (χ3v) is 6.35. The molecular formula is C21H19F6NO4S. The lowest BCUT2D eigenvalue weighted by Gasteiger charge is -2.22. The molecule has 1 aliphatic rings. The summed E-state index contributed by atoms with van der Waals surface area (Å²) in [5.74, 6) is -1.35. The normalized spacial score (nSPS) is 15.4. The van der Waals surface area contributed by atoms with Gasteiger partial charge in [-0.1, -0.05) is 6.07 Å². The van der Waals surface area contributed by atoms with Gasteiger partial charge in [0.15, 0.2) is 15.9 Å². The van der Waals surface area contributed by atoms with Crippen LogP contribution in [0, 0.1) is 6.92 Å². The molecule has 0 radical (unpaired) electrons. The van der Waals surface area contributed by atoms with Crippen molar-refractivity contribution in [1.29, 1.82) is 0 Å². The van der Waals surface area contributed by atoms with Crippen LogP contribution in [0.15, 0.2) is 35.2 Å². The van der Waals surface area contributed by atoms with E-state index in [1.807, 2.05) is 0 Å². The van der Waals surface area contributed by atoms with Crippen molar-refractivity contribution in [2.24, 2.45) is 0 Å². The average Bonchev–Trinajstić information content (AvgIpc) is 3.07. The van der Waals surface area contributed by atoms with Crippen LogP contribution in [0.5, 0.6) is 5.75 Å². The van der Waals surface area contributed by atoms with Crippen molar-refractivity contribution >= 4 is 15.7 Å². The second kappa shape index (κ2) is 8.23. The molecule has 33 heavy (non-hydrogen) atoms. The number of carbonyl (C=O) groups excluding carboxylic acids is 1. The summed E-state index contributed by atoms with van der Waals surface area (Å²) in [4.78, 5) is 14.0. The predicted molar refractivity (Wildman–Crippen MR) is 105 cm³/mol. The van der Waals surface area contributed by atoms with Gasteiger partial charge in [0.05, 0.1) is 16.0 Å². The van der Waals surface area contributed by atoms with Crippen LogP contribution in [0.3, 0.4) is 0 Å². The minimum Gasteiger partial charge on any atom is -0.480 e. The first-order chi connectivity index (χ1) is 15.0. The Hall–Kier alpha value is -2.76. The SMILES string of the molecule is Cc1cc2c(cc1C(F)(F)F)CN(C(=O)c1cc(S(C)(=O)=O)ccc1O[C@@H](C)C(F)(F)F)C2. The second-order valence-corrected chi connectivity index (χ2v) is 9.84. The summed E-state index contributed by atoms with van der Waals surface area (Å²) in [6.07, 6.45) is -10.8. The number of carbonyl (C=O) groups is 1. The number of fused-ring (bicyclic) bond motifs is 1. The minimum absolute atomic E-state index is 0.0300. The summed E-state index contributed by atoms with van der Waals surface area (Å²) in [5.41, 5.74) is -0.615.